The van der Waals surface area contributed by atoms with Crippen molar-refractivity contribution in [1.29, 1.82) is 0 Å². The molecule has 0 spiro atoms. The number of carbonyl (C=O) groups excluding carboxylic acids is 1. The molecule has 2 rings (SSSR count). The largest absolute Gasteiger partial charge is 0.377 e. The molecule has 0 radical (unpaired) electrons. The van der Waals surface area contributed by atoms with Gasteiger partial charge < -0.3 is 15.0 Å². The van der Waals surface area contributed by atoms with Gasteiger partial charge in [-0.15, -0.1) is 0 Å². The van der Waals surface area contributed by atoms with Crippen LogP contribution < -0.4 is 5.32 Å². The van der Waals surface area contributed by atoms with Gasteiger partial charge in [0.05, 0.1) is 6.61 Å². The van der Waals surface area contributed by atoms with E-state index in [4.69, 9.17) is 4.74 Å². The van der Waals surface area contributed by atoms with Crippen LogP contribution in [0.3, 0.4) is 0 Å². The highest BCUT2D eigenvalue weighted by Crippen LogP contribution is 2.08. The Morgan fingerprint density at radius 3 is 2.95 bits per heavy atom. The summed E-state index contributed by atoms with van der Waals surface area (Å²) in [5.74, 6) is 0.151. The fourth-order valence-electron chi connectivity index (χ4n) is 2.68. The van der Waals surface area contributed by atoms with Crippen LogP contribution in [0, 0.1) is 0 Å². The highest BCUT2D eigenvalue weighted by molar-refractivity contribution is 5.76. The van der Waals surface area contributed by atoms with Crippen molar-refractivity contribution in [1.82, 2.24) is 10.2 Å². The molecule has 0 bridgehead atoms. The lowest BCUT2D eigenvalue weighted by molar-refractivity contribution is -0.122. The number of hydrogen-bond donors (Lipinski definition) is 1. The molecule has 4 heteroatoms. The Kier molecular flexibility index (Phi) is 6.70. The molecule has 1 atom stereocenters. The Bertz CT molecular complexity index is 422. The smallest absolute Gasteiger partial charge is 0.220 e. The summed E-state index contributed by atoms with van der Waals surface area (Å²) in [6.45, 7) is 3.36. The van der Waals surface area contributed by atoms with Crippen LogP contribution in [0.1, 0.15) is 31.2 Å². The number of ether oxygens (including phenoxy) is 1. The third-order valence-corrected chi connectivity index (χ3v) is 3.79. The summed E-state index contributed by atoms with van der Waals surface area (Å²) >= 11 is 0. The number of amides is 1. The van der Waals surface area contributed by atoms with Gasteiger partial charge in [0.15, 0.2) is 0 Å². The van der Waals surface area contributed by atoms with E-state index in [2.05, 4.69) is 17.3 Å². The zero-order valence-electron chi connectivity index (χ0n) is 12.9. The normalized spacial score (nSPS) is 19.4. The van der Waals surface area contributed by atoms with E-state index < -0.39 is 0 Å². The quantitative estimate of drug-likeness (QED) is 0.783. The van der Waals surface area contributed by atoms with Gasteiger partial charge in [0.2, 0.25) is 5.91 Å². The molecule has 21 heavy (non-hydrogen) atoms. The molecule has 0 aliphatic carbocycles. The Hall–Kier alpha value is -1.39. The molecule has 1 fully saturated rings. The molecule has 1 amide bonds. The lowest BCUT2D eigenvalue weighted by atomic mass is 10.1. The molecule has 1 aromatic rings. The molecule has 1 N–H and O–H groups in total. The van der Waals surface area contributed by atoms with Crippen molar-refractivity contribution in [3.05, 3.63) is 35.9 Å². The first-order chi connectivity index (χ1) is 10.2. The minimum atomic E-state index is 0.151. The number of nitrogens with one attached hydrogen (secondary N) is 1. The standard InChI is InChI=1S/C17H26N2O2/c1-19-11-5-9-16(13-19)18-17(20)10-6-12-21-14-15-7-3-2-4-8-15/h2-4,7-8,16H,5-6,9-14H2,1H3,(H,18,20)/t16-/m1/s1. The SMILES string of the molecule is CN1CCC[C@@H](NC(=O)CCCOCc2ccccc2)C1. The van der Waals surface area contributed by atoms with Crippen molar-refractivity contribution >= 4 is 5.91 Å². The van der Waals surface area contributed by atoms with Crippen LogP contribution in [0.25, 0.3) is 0 Å². The van der Waals surface area contributed by atoms with E-state index in [1.807, 2.05) is 30.3 Å². The van der Waals surface area contributed by atoms with Crippen molar-refractivity contribution in [2.75, 3.05) is 26.7 Å². The fourth-order valence-corrected chi connectivity index (χ4v) is 2.68. The van der Waals surface area contributed by atoms with Crippen molar-refractivity contribution in [3.8, 4) is 0 Å². The molecular formula is C17H26N2O2. The maximum Gasteiger partial charge on any atom is 0.220 e. The van der Waals surface area contributed by atoms with Gasteiger partial charge in [-0.1, -0.05) is 30.3 Å². The van der Waals surface area contributed by atoms with Crippen LogP contribution in [0.15, 0.2) is 30.3 Å². The zero-order chi connectivity index (χ0) is 14.9. The van der Waals surface area contributed by atoms with Gasteiger partial charge in [-0.2, -0.15) is 0 Å². The van der Waals surface area contributed by atoms with Crippen molar-refractivity contribution in [2.24, 2.45) is 0 Å². The Labute approximate surface area is 127 Å². The molecule has 1 aromatic carbocycles. The molecule has 4 nitrogen and oxygen atoms in total. The van der Waals surface area contributed by atoms with Crippen molar-refractivity contribution in [2.45, 2.75) is 38.3 Å². The van der Waals surface area contributed by atoms with E-state index in [1.54, 1.807) is 0 Å². The van der Waals surface area contributed by atoms with Crippen LogP contribution >= 0.6 is 0 Å². The molecule has 0 unspecified atom stereocenters. The fraction of sp³-hybridized carbons (Fsp3) is 0.588. The monoisotopic (exact) mass is 290 g/mol. The first-order valence-electron chi connectivity index (χ1n) is 7.83. The first-order valence-corrected chi connectivity index (χ1v) is 7.83. The molecular weight excluding hydrogens is 264 g/mol. The summed E-state index contributed by atoms with van der Waals surface area (Å²) in [4.78, 5) is 14.1. The second-order valence-corrected chi connectivity index (χ2v) is 5.81. The Balaban J connectivity index is 1.53. The minimum absolute atomic E-state index is 0.151. The average Bonchev–Trinajstić information content (AvgIpc) is 2.48. The van der Waals surface area contributed by atoms with E-state index >= 15 is 0 Å². The summed E-state index contributed by atoms with van der Waals surface area (Å²) in [5.41, 5.74) is 1.17. The third-order valence-electron chi connectivity index (χ3n) is 3.79. The summed E-state index contributed by atoms with van der Waals surface area (Å²) < 4.78 is 5.59. The summed E-state index contributed by atoms with van der Waals surface area (Å²) in [6.07, 6.45) is 3.60. The number of likely N-dealkylation sites (tertiary alicyclic amines) is 1. The van der Waals surface area contributed by atoms with E-state index in [-0.39, 0.29) is 5.91 Å². The van der Waals surface area contributed by atoms with Gasteiger partial charge >= 0.3 is 0 Å². The Morgan fingerprint density at radius 1 is 1.38 bits per heavy atom. The van der Waals surface area contributed by atoms with Crippen molar-refractivity contribution < 1.29 is 9.53 Å². The third kappa shape index (κ3) is 6.27. The number of piperidine rings is 1. The van der Waals surface area contributed by atoms with E-state index in [0.717, 1.165) is 25.9 Å². The minimum Gasteiger partial charge on any atom is -0.377 e. The van der Waals surface area contributed by atoms with E-state index in [9.17, 15) is 4.79 Å². The average molecular weight is 290 g/mol. The van der Waals surface area contributed by atoms with E-state index in [0.29, 0.717) is 25.7 Å². The van der Waals surface area contributed by atoms with Crippen LogP contribution in [-0.4, -0.2) is 43.6 Å². The molecule has 0 aromatic heterocycles. The number of likely N-dealkylation sites (N-methyl/N-ethyl adjacent to an activating group) is 1. The Morgan fingerprint density at radius 2 is 2.19 bits per heavy atom. The van der Waals surface area contributed by atoms with Gasteiger partial charge in [-0.3, -0.25) is 4.79 Å². The highest BCUT2D eigenvalue weighted by atomic mass is 16.5. The second kappa shape index (κ2) is 8.80. The van der Waals surface area contributed by atoms with Gasteiger partial charge in [-0.05, 0) is 38.4 Å². The molecule has 0 saturated carbocycles. The predicted octanol–water partition coefficient (Wildman–Crippen LogP) is 2.19. The molecule has 1 heterocycles. The first kappa shape index (κ1) is 16.0. The zero-order valence-corrected chi connectivity index (χ0v) is 12.9. The van der Waals surface area contributed by atoms with Gasteiger partial charge in [0.25, 0.3) is 0 Å². The summed E-state index contributed by atoms with van der Waals surface area (Å²) in [6, 6.07) is 10.4. The molecule has 116 valence electrons. The number of carbonyl (C=O) groups is 1. The number of rotatable bonds is 7. The summed E-state index contributed by atoms with van der Waals surface area (Å²) in [5, 5.41) is 3.12. The molecule has 1 saturated heterocycles. The van der Waals surface area contributed by atoms with Gasteiger partial charge in [0, 0.05) is 25.6 Å². The van der Waals surface area contributed by atoms with E-state index in [1.165, 1.54) is 12.0 Å². The molecule has 1 aliphatic rings. The van der Waals surface area contributed by atoms with Gasteiger partial charge in [-0.25, -0.2) is 0 Å². The maximum absolute atomic E-state index is 11.9. The van der Waals surface area contributed by atoms with Crippen LogP contribution in [0.4, 0.5) is 0 Å². The van der Waals surface area contributed by atoms with Crippen LogP contribution in [0.2, 0.25) is 0 Å². The van der Waals surface area contributed by atoms with Gasteiger partial charge in [0.1, 0.15) is 0 Å². The second-order valence-electron chi connectivity index (χ2n) is 5.81. The maximum atomic E-state index is 11.9. The number of benzene rings is 1. The lowest BCUT2D eigenvalue weighted by Crippen LogP contribution is -2.46. The lowest BCUT2D eigenvalue weighted by Gasteiger charge is -2.30. The number of nitrogens with zero attached hydrogens (tertiary/aromatic N) is 1. The topological polar surface area (TPSA) is 41.6 Å². The van der Waals surface area contributed by atoms with Crippen LogP contribution in [-0.2, 0) is 16.1 Å². The number of hydrogen-bond acceptors (Lipinski definition) is 3. The van der Waals surface area contributed by atoms with Crippen LogP contribution in [0.5, 0.6) is 0 Å². The summed E-state index contributed by atoms with van der Waals surface area (Å²) in [7, 11) is 2.11. The molecule has 1 aliphatic heterocycles. The van der Waals surface area contributed by atoms with Crippen molar-refractivity contribution in [3.63, 3.8) is 0 Å². The highest BCUT2D eigenvalue weighted by Gasteiger charge is 2.18. The predicted molar refractivity (Wildman–Crippen MR) is 84.0 cm³/mol.